The fourth-order valence-corrected chi connectivity index (χ4v) is 5.77. The van der Waals surface area contributed by atoms with Crippen molar-refractivity contribution in [1.82, 2.24) is 19.8 Å². The zero-order chi connectivity index (χ0) is 29.3. The summed E-state index contributed by atoms with van der Waals surface area (Å²) in [6, 6.07) is 19.8. The van der Waals surface area contributed by atoms with Crippen molar-refractivity contribution in [2.75, 3.05) is 11.9 Å². The molecule has 0 unspecified atom stereocenters. The van der Waals surface area contributed by atoms with Crippen molar-refractivity contribution in [3.05, 3.63) is 113 Å². The van der Waals surface area contributed by atoms with Gasteiger partial charge < -0.3 is 20.1 Å². The molecule has 2 N–H and O–H groups in total. The molecule has 2 aromatic heterocycles. The minimum Gasteiger partial charge on any atom is -0.352 e. The molecule has 212 valence electrons. The molecule has 41 heavy (non-hydrogen) atoms. The van der Waals surface area contributed by atoms with Crippen molar-refractivity contribution in [3.63, 3.8) is 0 Å². The summed E-state index contributed by atoms with van der Waals surface area (Å²) in [5.74, 6) is -0.165. The third-order valence-corrected chi connectivity index (χ3v) is 7.70. The summed E-state index contributed by atoms with van der Waals surface area (Å²) in [6.07, 6.45) is -2.65. The van der Waals surface area contributed by atoms with Crippen LogP contribution in [-0.2, 0) is 11.0 Å². The number of thiocarbonyl (C=S) groups is 1. The molecule has 0 aliphatic carbocycles. The molecule has 1 amide bonds. The second kappa shape index (κ2) is 11.4. The van der Waals surface area contributed by atoms with Gasteiger partial charge in [0.15, 0.2) is 5.11 Å². The molecular weight excluding hydrogens is 547 g/mol. The summed E-state index contributed by atoms with van der Waals surface area (Å²) < 4.78 is 43.5. The predicted molar refractivity (Wildman–Crippen MR) is 157 cm³/mol. The largest absolute Gasteiger partial charge is 0.418 e. The average Bonchev–Trinajstić information content (AvgIpc) is 3.42. The lowest BCUT2D eigenvalue weighted by Gasteiger charge is -2.28. The topological polar surface area (TPSA) is 62.2 Å². The second-order valence-corrected chi connectivity index (χ2v) is 10.5. The number of benzene rings is 2. The van der Waals surface area contributed by atoms with Crippen molar-refractivity contribution < 1.29 is 18.0 Å². The Labute approximate surface area is 242 Å². The first-order valence-corrected chi connectivity index (χ1v) is 13.7. The highest BCUT2D eigenvalue weighted by Crippen LogP contribution is 2.42. The number of halogens is 3. The zero-order valence-electron chi connectivity index (χ0n) is 22.9. The van der Waals surface area contributed by atoms with Crippen LogP contribution in [0.3, 0.4) is 0 Å². The van der Waals surface area contributed by atoms with Gasteiger partial charge in [-0.05, 0) is 81.0 Å². The number of nitrogens with one attached hydrogen (secondary N) is 2. The Bertz CT molecular complexity index is 1570. The fourth-order valence-electron chi connectivity index (χ4n) is 5.43. The van der Waals surface area contributed by atoms with Crippen LogP contribution in [0.5, 0.6) is 0 Å². The molecule has 0 saturated carbocycles. The number of carbonyl (C=O) groups is 1. The number of rotatable bonds is 7. The summed E-state index contributed by atoms with van der Waals surface area (Å²) >= 11 is 5.74. The average molecular weight is 578 g/mol. The van der Waals surface area contributed by atoms with Crippen LogP contribution in [0, 0.1) is 20.8 Å². The number of aryl methyl sites for hydroxylation is 2. The Kier molecular flexibility index (Phi) is 7.86. The van der Waals surface area contributed by atoms with E-state index in [-0.39, 0.29) is 24.1 Å². The summed E-state index contributed by atoms with van der Waals surface area (Å²) in [5, 5.41) is 6.73. The third kappa shape index (κ3) is 5.83. The highest BCUT2D eigenvalue weighted by molar-refractivity contribution is 7.80. The molecule has 4 aromatic rings. The van der Waals surface area contributed by atoms with Gasteiger partial charge >= 0.3 is 6.18 Å². The van der Waals surface area contributed by atoms with Gasteiger partial charge in [0, 0.05) is 36.2 Å². The van der Waals surface area contributed by atoms with Crippen molar-refractivity contribution in [2.24, 2.45) is 0 Å². The van der Waals surface area contributed by atoms with Crippen LogP contribution in [0.1, 0.15) is 52.3 Å². The van der Waals surface area contributed by atoms with Gasteiger partial charge in [-0.15, -0.1) is 0 Å². The van der Waals surface area contributed by atoms with Gasteiger partial charge in [0.25, 0.3) is 0 Å². The van der Waals surface area contributed by atoms with Gasteiger partial charge in [-0.3, -0.25) is 9.78 Å². The Morgan fingerprint density at radius 3 is 2.41 bits per heavy atom. The number of aromatic nitrogens is 2. The minimum atomic E-state index is -4.51. The van der Waals surface area contributed by atoms with Crippen LogP contribution >= 0.6 is 12.2 Å². The molecule has 0 bridgehead atoms. The lowest BCUT2D eigenvalue weighted by Crippen LogP contribution is -2.32. The molecule has 5 rings (SSSR count). The zero-order valence-corrected chi connectivity index (χ0v) is 23.7. The van der Waals surface area contributed by atoms with Gasteiger partial charge in [-0.25, -0.2) is 0 Å². The van der Waals surface area contributed by atoms with Gasteiger partial charge in [0.2, 0.25) is 5.91 Å². The normalized spacial score (nSPS) is 17.0. The molecule has 3 heterocycles. The summed E-state index contributed by atoms with van der Waals surface area (Å²) in [5.41, 5.74) is 4.02. The molecule has 6 nitrogen and oxygen atoms in total. The van der Waals surface area contributed by atoms with Crippen molar-refractivity contribution in [1.29, 1.82) is 0 Å². The maximum Gasteiger partial charge on any atom is 0.418 e. The second-order valence-electron chi connectivity index (χ2n) is 10.2. The van der Waals surface area contributed by atoms with E-state index in [1.54, 1.807) is 23.8 Å². The van der Waals surface area contributed by atoms with Gasteiger partial charge in [0.1, 0.15) is 0 Å². The van der Waals surface area contributed by atoms with E-state index in [0.29, 0.717) is 28.7 Å². The van der Waals surface area contributed by atoms with E-state index in [1.165, 1.54) is 12.1 Å². The molecular formula is C31H30F3N5OS. The van der Waals surface area contributed by atoms with E-state index >= 15 is 0 Å². The Balaban J connectivity index is 1.51. The van der Waals surface area contributed by atoms with Gasteiger partial charge in [0.05, 0.1) is 29.0 Å². The molecule has 1 fully saturated rings. The number of anilines is 1. The predicted octanol–water partition coefficient (Wildman–Crippen LogP) is 6.82. The SMILES string of the molecule is Cc1ccc(NC(=O)CCN2C(=S)N[C@H](c3ccccn3)[C@@H]2c2cc(C)n(-c3ccccc3C(F)(F)F)c2C)cc1. The van der Waals surface area contributed by atoms with Crippen LogP contribution in [0.25, 0.3) is 5.69 Å². The Morgan fingerprint density at radius 1 is 1.02 bits per heavy atom. The summed E-state index contributed by atoms with van der Waals surface area (Å²) in [4.78, 5) is 19.4. The quantitative estimate of drug-likeness (QED) is 0.236. The monoisotopic (exact) mass is 577 g/mol. The highest BCUT2D eigenvalue weighted by Gasteiger charge is 2.42. The third-order valence-electron chi connectivity index (χ3n) is 7.35. The van der Waals surface area contributed by atoms with Crippen LogP contribution < -0.4 is 10.6 Å². The van der Waals surface area contributed by atoms with Crippen LogP contribution in [0.2, 0.25) is 0 Å². The molecule has 2 atom stereocenters. The molecule has 1 aliphatic heterocycles. The number of alkyl halides is 3. The number of hydrogen-bond acceptors (Lipinski definition) is 3. The van der Waals surface area contributed by atoms with E-state index in [9.17, 15) is 18.0 Å². The number of pyridine rings is 1. The first-order chi connectivity index (χ1) is 19.5. The fraction of sp³-hybridized carbons (Fsp3) is 0.258. The number of para-hydroxylation sites is 1. The molecule has 1 saturated heterocycles. The lowest BCUT2D eigenvalue weighted by molar-refractivity contribution is -0.137. The first-order valence-electron chi connectivity index (χ1n) is 13.2. The summed E-state index contributed by atoms with van der Waals surface area (Å²) in [7, 11) is 0. The standard InChI is InChI=1S/C31H30F3N5OS/c1-19-11-13-22(14-12-19)36-27(40)15-17-38-29(28(37-30(38)41)25-9-6-7-16-35-25)23-18-20(2)39(21(23)3)26-10-5-4-8-24(26)31(32,33)34/h4-14,16,18,28-29H,15,17H2,1-3H3,(H,36,40)(H,37,41)/t28-,29+/m1/s1. The van der Waals surface area contributed by atoms with Crippen molar-refractivity contribution in [2.45, 2.75) is 45.5 Å². The number of nitrogens with zero attached hydrogens (tertiary/aromatic N) is 3. The van der Waals surface area contributed by atoms with E-state index in [1.807, 2.05) is 67.3 Å². The Morgan fingerprint density at radius 2 is 1.73 bits per heavy atom. The van der Waals surface area contributed by atoms with E-state index in [4.69, 9.17) is 12.2 Å². The number of amides is 1. The molecule has 10 heteroatoms. The molecule has 2 aromatic carbocycles. The minimum absolute atomic E-state index is 0.0631. The van der Waals surface area contributed by atoms with Crippen LogP contribution in [0.15, 0.2) is 79.0 Å². The lowest BCUT2D eigenvalue weighted by atomic mass is 9.96. The van der Waals surface area contributed by atoms with E-state index < -0.39 is 17.8 Å². The van der Waals surface area contributed by atoms with Gasteiger partial charge in [-0.2, -0.15) is 13.2 Å². The van der Waals surface area contributed by atoms with E-state index in [2.05, 4.69) is 15.6 Å². The molecule has 0 radical (unpaired) electrons. The number of carbonyl (C=O) groups excluding carboxylic acids is 1. The number of hydrogen-bond donors (Lipinski definition) is 2. The smallest absolute Gasteiger partial charge is 0.352 e. The highest BCUT2D eigenvalue weighted by atomic mass is 32.1. The molecule has 0 spiro atoms. The van der Waals surface area contributed by atoms with Crippen molar-refractivity contribution in [3.8, 4) is 5.69 Å². The van der Waals surface area contributed by atoms with Crippen molar-refractivity contribution >= 4 is 28.9 Å². The van der Waals surface area contributed by atoms with Crippen LogP contribution in [-0.4, -0.2) is 32.0 Å². The van der Waals surface area contributed by atoms with Gasteiger partial charge in [-0.1, -0.05) is 35.9 Å². The summed E-state index contributed by atoms with van der Waals surface area (Å²) in [6.45, 7) is 5.89. The Hall–Kier alpha value is -4.18. The van der Waals surface area contributed by atoms with Crippen LogP contribution in [0.4, 0.5) is 18.9 Å². The molecule has 1 aliphatic rings. The van der Waals surface area contributed by atoms with E-state index in [0.717, 1.165) is 22.9 Å². The maximum absolute atomic E-state index is 14.0. The maximum atomic E-state index is 14.0. The first kappa shape index (κ1) is 28.4.